The van der Waals surface area contributed by atoms with E-state index in [1.54, 1.807) is 0 Å². The summed E-state index contributed by atoms with van der Waals surface area (Å²) in [5.41, 5.74) is -2.60. The number of aliphatic hydroxyl groups is 3. The van der Waals surface area contributed by atoms with Gasteiger partial charge in [0, 0.05) is 23.9 Å². The molecule has 4 unspecified atom stereocenters. The van der Waals surface area contributed by atoms with Crippen LogP contribution >= 0.6 is 0 Å². The van der Waals surface area contributed by atoms with Gasteiger partial charge in [-0.25, -0.2) is 4.79 Å². The van der Waals surface area contributed by atoms with Crippen LogP contribution in [0.25, 0.3) is 11.0 Å². The normalized spacial score (nSPS) is 26.8. The van der Waals surface area contributed by atoms with Crippen LogP contribution < -0.4 is 10.4 Å². The lowest BCUT2D eigenvalue weighted by Gasteiger charge is -2.36. The minimum atomic E-state index is -4.72. The van der Waals surface area contributed by atoms with E-state index in [9.17, 15) is 28.2 Å². The van der Waals surface area contributed by atoms with Crippen LogP contribution in [0.3, 0.4) is 0 Å². The van der Waals surface area contributed by atoms with E-state index in [2.05, 4.69) is 0 Å². The number of hydrogen-bond acceptors (Lipinski definition) is 7. The average molecular weight is 376 g/mol. The van der Waals surface area contributed by atoms with E-state index in [1.165, 1.54) is 6.07 Å². The van der Waals surface area contributed by atoms with Gasteiger partial charge >= 0.3 is 11.8 Å². The van der Waals surface area contributed by atoms with E-state index in [0.717, 1.165) is 12.1 Å². The molecule has 0 amide bonds. The van der Waals surface area contributed by atoms with E-state index in [0.29, 0.717) is 6.07 Å². The second-order valence-electron chi connectivity index (χ2n) is 5.83. The molecule has 2 heterocycles. The highest BCUT2D eigenvalue weighted by Crippen LogP contribution is 2.35. The molecule has 3 N–H and O–H groups in total. The highest BCUT2D eigenvalue weighted by Gasteiger charge is 2.38. The number of alkyl halides is 3. The Balaban J connectivity index is 1.89. The zero-order valence-corrected chi connectivity index (χ0v) is 13.1. The van der Waals surface area contributed by atoms with Crippen molar-refractivity contribution in [2.45, 2.75) is 37.2 Å². The summed E-state index contributed by atoms with van der Waals surface area (Å²) in [4.78, 5) is 11.4. The Labute approximate surface area is 144 Å². The fourth-order valence-electron chi connectivity index (χ4n) is 2.74. The number of benzene rings is 1. The molecule has 4 atom stereocenters. The molecule has 0 saturated carbocycles. The fraction of sp³-hybridized carbons (Fsp3) is 0.438. The molecule has 0 aliphatic carbocycles. The zero-order chi connectivity index (χ0) is 19.1. The number of rotatable bonds is 3. The first kappa shape index (κ1) is 18.6. The van der Waals surface area contributed by atoms with E-state index < -0.39 is 48.6 Å². The van der Waals surface area contributed by atoms with Crippen molar-refractivity contribution >= 4 is 11.0 Å². The number of halogens is 3. The van der Waals surface area contributed by atoms with Gasteiger partial charge in [-0.1, -0.05) is 0 Å². The largest absolute Gasteiger partial charge is 0.465 e. The number of hydrogen-bond donors (Lipinski definition) is 3. The molecular formula is C16H15F3O7. The fourth-order valence-corrected chi connectivity index (χ4v) is 2.74. The van der Waals surface area contributed by atoms with Crippen LogP contribution in [0.5, 0.6) is 5.75 Å². The summed E-state index contributed by atoms with van der Waals surface area (Å²) < 4.78 is 54.6. The van der Waals surface area contributed by atoms with E-state index >= 15 is 0 Å². The third kappa shape index (κ3) is 3.68. The molecule has 142 valence electrons. The Bertz CT molecular complexity index is 848. The lowest BCUT2D eigenvalue weighted by molar-refractivity contribution is -0.229. The summed E-state index contributed by atoms with van der Waals surface area (Å²) >= 11 is 0. The van der Waals surface area contributed by atoms with Crippen LogP contribution in [-0.4, -0.2) is 46.5 Å². The molecular weight excluding hydrogens is 361 g/mol. The minimum Gasteiger partial charge on any atom is -0.465 e. The van der Waals surface area contributed by atoms with Crippen LogP contribution in [-0.2, 0) is 10.9 Å². The van der Waals surface area contributed by atoms with E-state index in [-0.39, 0.29) is 23.1 Å². The molecule has 7 nitrogen and oxygen atoms in total. The van der Waals surface area contributed by atoms with Crippen LogP contribution in [0.2, 0.25) is 0 Å². The molecule has 1 aliphatic rings. The SMILES string of the molecule is O=c1cc(C(F)(F)F)c2ccc(OC3CC(O)C(O)C(CO)O3)cc2o1. The Morgan fingerprint density at radius 3 is 2.62 bits per heavy atom. The van der Waals surface area contributed by atoms with Gasteiger partial charge in [0.05, 0.1) is 18.3 Å². The monoisotopic (exact) mass is 376 g/mol. The molecule has 1 saturated heterocycles. The van der Waals surface area contributed by atoms with Crippen molar-refractivity contribution in [1.29, 1.82) is 0 Å². The molecule has 26 heavy (non-hydrogen) atoms. The second kappa shape index (κ2) is 6.88. The highest BCUT2D eigenvalue weighted by molar-refractivity contribution is 5.82. The maximum absolute atomic E-state index is 13.0. The molecule has 1 aromatic carbocycles. The van der Waals surface area contributed by atoms with E-state index in [4.69, 9.17) is 19.0 Å². The van der Waals surface area contributed by atoms with Gasteiger partial charge in [0.15, 0.2) is 0 Å². The Morgan fingerprint density at radius 2 is 1.96 bits per heavy atom. The Kier molecular flexibility index (Phi) is 4.93. The van der Waals surface area contributed by atoms with Gasteiger partial charge in [0.2, 0.25) is 6.29 Å². The maximum Gasteiger partial charge on any atom is 0.417 e. The molecule has 3 rings (SSSR count). The Hall–Kier alpha value is -2.14. The quantitative estimate of drug-likeness (QED) is 0.686. The molecule has 10 heteroatoms. The van der Waals surface area contributed by atoms with Crippen LogP contribution in [0, 0.1) is 0 Å². The van der Waals surface area contributed by atoms with Gasteiger partial charge < -0.3 is 29.2 Å². The summed E-state index contributed by atoms with van der Waals surface area (Å²) in [5, 5.41) is 28.2. The van der Waals surface area contributed by atoms with E-state index in [1.807, 2.05) is 0 Å². The highest BCUT2D eigenvalue weighted by atomic mass is 19.4. The maximum atomic E-state index is 13.0. The zero-order valence-electron chi connectivity index (χ0n) is 13.1. The molecule has 1 aromatic heterocycles. The van der Waals surface area contributed by atoms with Gasteiger partial charge in [-0.2, -0.15) is 13.2 Å². The molecule has 1 fully saturated rings. The molecule has 1 aliphatic heterocycles. The van der Waals surface area contributed by atoms with Gasteiger partial charge in [-0.3, -0.25) is 0 Å². The first-order chi connectivity index (χ1) is 12.2. The van der Waals surface area contributed by atoms with Crippen LogP contribution in [0.1, 0.15) is 12.0 Å². The third-order valence-corrected chi connectivity index (χ3v) is 4.00. The standard InChI is InChI=1S/C16H15F3O7/c17-16(18,19)9-4-13(22)25-11-3-7(1-2-8(9)11)24-14-5-10(21)15(23)12(6-20)26-14/h1-4,10,12,14-15,20-21,23H,5-6H2. The smallest absolute Gasteiger partial charge is 0.417 e. The van der Waals surface area contributed by atoms with Crippen molar-refractivity contribution in [2.24, 2.45) is 0 Å². The predicted molar refractivity (Wildman–Crippen MR) is 80.5 cm³/mol. The Morgan fingerprint density at radius 1 is 1.23 bits per heavy atom. The molecule has 0 spiro atoms. The van der Waals surface area contributed by atoms with Gasteiger partial charge in [-0.15, -0.1) is 0 Å². The van der Waals surface area contributed by atoms with Crippen molar-refractivity contribution in [1.82, 2.24) is 0 Å². The topological polar surface area (TPSA) is 109 Å². The minimum absolute atomic E-state index is 0.0326. The van der Waals surface area contributed by atoms with Crippen molar-refractivity contribution in [2.75, 3.05) is 6.61 Å². The van der Waals surface area contributed by atoms with Crippen molar-refractivity contribution in [3.05, 3.63) is 40.2 Å². The first-order valence-electron chi connectivity index (χ1n) is 7.63. The van der Waals surface area contributed by atoms with Gasteiger partial charge in [-0.05, 0) is 12.1 Å². The molecule has 0 bridgehead atoms. The van der Waals surface area contributed by atoms with Crippen LogP contribution in [0.4, 0.5) is 13.2 Å². The average Bonchev–Trinajstić information content (AvgIpc) is 2.56. The first-order valence-corrected chi connectivity index (χ1v) is 7.63. The molecule has 2 aromatic rings. The summed E-state index contributed by atoms with van der Waals surface area (Å²) in [6.07, 6.45) is -9.47. The summed E-state index contributed by atoms with van der Waals surface area (Å²) in [6, 6.07) is 3.79. The number of fused-ring (bicyclic) bond motifs is 1. The summed E-state index contributed by atoms with van der Waals surface area (Å²) in [6.45, 7) is -0.556. The lowest BCUT2D eigenvalue weighted by Crippen LogP contribution is -2.51. The van der Waals surface area contributed by atoms with Gasteiger partial charge in [0.1, 0.15) is 23.5 Å². The lowest BCUT2D eigenvalue weighted by atomic mass is 10.0. The van der Waals surface area contributed by atoms with Crippen molar-refractivity contribution in [3.8, 4) is 5.75 Å². The molecule has 0 radical (unpaired) electrons. The van der Waals surface area contributed by atoms with Gasteiger partial charge in [0.25, 0.3) is 0 Å². The van der Waals surface area contributed by atoms with Crippen LogP contribution in [0.15, 0.2) is 33.5 Å². The van der Waals surface area contributed by atoms with Crippen molar-refractivity contribution < 1.29 is 42.4 Å². The number of ether oxygens (including phenoxy) is 2. The summed E-state index contributed by atoms with van der Waals surface area (Å²) in [5.74, 6) is 0.0326. The van der Waals surface area contributed by atoms with Crippen molar-refractivity contribution in [3.63, 3.8) is 0 Å². The third-order valence-electron chi connectivity index (χ3n) is 4.00. The predicted octanol–water partition coefficient (Wildman–Crippen LogP) is 1.02. The number of aliphatic hydroxyl groups excluding tert-OH is 3. The second-order valence-corrected chi connectivity index (χ2v) is 5.83. The summed E-state index contributed by atoms with van der Waals surface area (Å²) in [7, 11) is 0.